The van der Waals surface area contributed by atoms with E-state index in [1.54, 1.807) is 11.0 Å². The molecular formula is C24H30NO3PS. The highest BCUT2D eigenvalue weighted by atomic mass is 32.2. The zero-order valence-electron chi connectivity index (χ0n) is 17.8. The maximum absolute atomic E-state index is 11.2. The molecule has 160 valence electrons. The summed E-state index contributed by atoms with van der Waals surface area (Å²) in [6.45, 7) is 10.5. The minimum Gasteiger partial charge on any atom is -0.744 e. The summed E-state index contributed by atoms with van der Waals surface area (Å²) in [7, 11) is -4.15. The second-order valence-electron chi connectivity index (χ2n) is 6.83. The first-order valence-electron chi connectivity index (χ1n) is 10.2. The lowest BCUT2D eigenvalue weighted by Gasteiger charge is -2.12. The van der Waals surface area contributed by atoms with Gasteiger partial charge in [-0.2, -0.15) is 0 Å². The van der Waals surface area contributed by atoms with Gasteiger partial charge in [-0.1, -0.05) is 75.3 Å². The van der Waals surface area contributed by atoms with Crippen LogP contribution in [-0.4, -0.2) is 32.6 Å². The maximum atomic E-state index is 11.2. The summed E-state index contributed by atoms with van der Waals surface area (Å²) >= 11 is 0. The van der Waals surface area contributed by atoms with Gasteiger partial charge in [0.25, 0.3) is 0 Å². The maximum Gasteiger partial charge on any atom is 0.124 e. The molecule has 0 aromatic heterocycles. The molecule has 0 spiro atoms. The van der Waals surface area contributed by atoms with Crippen LogP contribution in [0.15, 0.2) is 83.8 Å². The number of benzene rings is 3. The predicted molar refractivity (Wildman–Crippen MR) is 126 cm³/mol. The van der Waals surface area contributed by atoms with E-state index in [1.807, 2.05) is 60.7 Å². The minimum absolute atomic E-state index is 0.181. The molecule has 0 saturated heterocycles. The topological polar surface area (TPSA) is 61.6 Å². The van der Waals surface area contributed by atoms with Crippen LogP contribution >= 0.6 is 8.58 Å². The van der Waals surface area contributed by atoms with Crippen LogP contribution in [0.5, 0.6) is 0 Å². The Morgan fingerprint density at radius 1 is 0.800 bits per heavy atom. The van der Waals surface area contributed by atoms with Crippen LogP contribution < -0.4 is 15.5 Å². The number of rotatable bonds is 7. The van der Waals surface area contributed by atoms with Crippen LogP contribution in [-0.2, 0) is 10.1 Å². The smallest absolute Gasteiger partial charge is 0.124 e. The van der Waals surface area contributed by atoms with Crippen molar-refractivity contribution in [2.45, 2.75) is 25.7 Å². The molecule has 30 heavy (non-hydrogen) atoms. The van der Waals surface area contributed by atoms with Crippen molar-refractivity contribution >= 4 is 29.3 Å². The van der Waals surface area contributed by atoms with Crippen molar-refractivity contribution in [1.82, 2.24) is 0 Å². The van der Waals surface area contributed by atoms with Crippen molar-refractivity contribution in [2.75, 3.05) is 19.6 Å². The molecule has 0 fully saturated rings. The second-order valence-corrected chi connectivity index (χ2v) is 9.57. The highest BCUT2D eigenvalue weighted by Gasteiger charge is 2.07. The summed E-state index contributed by atoms with van der Waals surface area (Å²) in [5, 5.41) is 1.93. The fourth-order valence-electron chi connectivity index (χ4n) is 3.10. The van der Waals surface area contributed by atoms with E-state index in [2.05, 4.69) is 20.8 Å². The van der Waals surface area contributed by atoms with Gasteiger partial charge < -0.3 is 9.45 Å². The Balaban J connectivity index is 0.000000396. The van der Waals surface area contributed by atoms with Gasteiger partial charge in [-0.25, -0.2) is 8.42 Å². The van der Waals surface area contributed by atoms with Gasteiger partial charge in [-0.15, -0.1) is 0 Å². The van der Waals surface area contributed by atoms with Gasteiger partial charge in [0, 0.05) is 0 Å². The molecular weight excluding hydrogens is 413 g/mol. The quantitative estimate of drug-likeness (QED) is 0.451. The van der Waals surface area contributed by atoms with Gasteiger partial charge in [0.2, 0.25) is 0 Å². The first-order valence-corrected chi connectivity index (χ1v) is 12.6. The molecule has 0 heterocycles. The summed E-state index contributed by atoms with van der Waals surface area (Å²) < 4.78 is 33.5. The van der Waals surface area contributed by atoms with E-state index in [4.69, 9.17) is 0 Å². The largest absolute Gasteiger partial charge is 0.744 e. The van der Waals surface area contributed by atoms with E-state index < -0.39 is 10.1 Å². The lowest BCUT2D eigenvalue weighted by molar-refractivity contribution is -0.894. The van der Waals surface area contributed by atoms with Crippen LogP contribution in [0.3, 0.4) is 0 Å². The highest BCUT2D eigenvalue weighted by Crippen LogP contribution is 2.23. The van der Waals surface area contributed by atoms with Gasteiger partial charge in [-0.05, 0) is 54.6 Å². The normalized spacial score (nSPS) is 11.5. The van der Waals surface area contributed by atoms with E-state index in [9.17, 15) is 13.0 Å². The Morgan fingerprint density at radius 3 is 1.97 bits per heavy atom. The Morgan fingerprint density at radius 2 is 1.40 bits per heavy atom. The average Bonchev–Trinajstić information content (AvgIpc) is 2.76. The van der Waals surface area contributed by atoms with Gasteiger partial charge in [0.05, 0.1) is 24.5 Å². The molecule has 6 heteroatoms. The molecule has 0 bridgehead atoms. The fourth-order valence-corrected chi connectivity index (χ4v) is 4.98. The standard InChI is InChI=1S/C18H15O3PS.C6H15N/c19-23(20,21)16-10-6-9-15(13-16)22-18-12-5-4-11-17(18)14-7-2-1-3-8-14;1-4-7(5-2)6-3/h1-13,22H,(H,19,20,21);4-6H2,1-3H3. The van der Waals surface area contributed by atoms with E-state index in [1.165, 1.54) is 31.8 Å². The van der Waals surface area contributed by atoms with Crippen LogP contribution in [0.1, 0.15) is 20.8 Å². The zero-order chi connectivity index (χ0) is 22.0. The molecule has 0 radical (unpaired) electrons. The fraction of sp³-hybridized carbons (Fsp3) is 0.250. The van der Waals surface area contributed by atoms with E-state index >= 15 is 0 Å². The molecule has 0 saturated carbocycles. The molecule has 3 rings (SSSR count). The van der Waals surface area contributed by atoms with Crippen molar-refractivity contribution in [1.29, 1.82) is 0 Å². The Hall–Kier alpha value is -2.04. The predicted octanol–water partition coefficient (Wildman–Crippen LogP) is 2.82. The first-order chi connectivity index (χ1) is 14.4. The summed E-state index contributed by atoms with van der Waals surface area (Å²) in [5.74, 6) is 0. The number of nitrogens with one attached hydrogen (secondary N) is 1. The van der Waals surface area contributed by atoms with Crippen molar-refractivity contribution in [3.8, 4) is 11.1 Å². The van der Waals surface area contributed by atoms with Crippen molar-refractivity contribution in [3.05, 3.63) is 78.9 Å². The molecule has 0 amide bonds. The highest BCUT2D eigenvalue weighted by molar-refractivity contribution is 7.85. The SMILES string of the molecule is CC[NH+](CC)CC.O=S(=O)([O-])c1cccc(Pc2ccccc2-c2ccccc2)c1. The number of hydrogen-bond donors (Lipinski definition) is 1. The number of quaternary nitrogens is 1. The molecule has 0 aliphatic heterocycles. The molecule has 4 nitrogen and oxygen atoms in total. The van der Waals surface area contributed by atoms with Crippen molar-refractivity contribution in [3.63, 3.8) is 0 Å². The molecule has 3 aromatic rings. The van der Waals surface area contributed by atoms with Gasteiger partial charge in [0.15, 0.2) is 0 Å². The van der Waals surface area contributed by atoms with E-state index in [0.29, 0.717) is 0 Å². The van der Waals surface area contributed by atoms with Crippen LogP contribution in [0, 0.1) is 0 Å². The van der Waals surface area contributed by atoms with Gasteiger partial charge in [-0.3, -0.25) is 0 Å². The monoisotopic (exact) mass is 443 g/mol. The third-order valence-corrected chi connectivity index (χ3v) is 7.05. The second kappa shape index (κ2) is 12.0. The van der Waals surface area contributed by atoms with E-state index in [-0.39, 0.29) is 13.5 Å². The molecule has 1 atom stereocenters. The van der Waals surface area contributed by atoms with Crippen LogP contribution in [0.25, 0.3) is 11.1 Å². The number of hydrogen-bond acceptors (Lipinski definition) is 3. The minimum atomic E-state index is -4.43. The third-order valence-electron chi connectivity index (χ3n) is 4.91. The Labute approximate surface area is 182 Å². The molecule has 0 aliphatic rings. The third kappa shape index (κ3) is 7.33. The Kier molecular flexibility index (Phi) is 9.67. The van der Waals surface area contributed by atoms with Gasteiger partial charge >= 0.3 is 0 Å². The average molecular weight is 444 g/mol. The summed E-state index contributed by atoms with van der Waals surface area (Å²) in [4.78, 5) is 1.50. The molecule has 1 unspecified atom stereocenters. The van der Waals surface area contributed by atoms with Crippen LogP contribution in [0.2, 0.25) is 0 Å². The van der Waals surface area contributed by atoms with Crippen molar-refractivity contribution in [2.24, 2.45) is 0 Å². The van der Waals surface area contributed by atoms with E-state index in [0.717, 1.165) is 21.7 Å². The van der Waals surface area contributed by atoms with Crippen molar-refractivity contribution < 1.29 is 17.9 Å². The summed E-state index contributed by atoms with van der Waals surface area (Å²) in [6, 6.07) is 24.3. The lowest BCUT2D eigenvalue weighted by atomic mass is 10.1. The summed E-state index contributed by atoms with van der Waals surface area (Å²) in [6.07, 6.45) is 0. The van der Waals surface area contributed by atoms with Gasteiger partial charge in [0.1, 0.15) is 10.1 Å². The lowest BCUT2D eigenvalue weighted by Crippen LogP contribution is -3.11. The zero-order valence-corrected chi connectivity index (χ0v) is 19.6. The van der Waals surface area contributed by atoms with Crippen LogP contribution in [0.4, 0.5) is 0 Å². The molecule has 1 N–H and O–H groups in total. The summed E-state index contributed by atoms with van der Waals surface area (Å²) in [5.41, 5.74) is 2.23. The molecule has 3 aromatic carbocycles. The molecule has 0 aliphatic carbocycles. The Bertz CT molecular complexity index is 1010. The first kappa shape index (κ1) is 24.2.